The zero-order valence-electron chi connectivity index (χ0n) is 11.5. The van der Waals surface area contributed by atoms with Crippen LogP contribution in [0.15, 0.2) is 49.1 Å². The fourth-order valence-corrected chi connectivity index (χ4v) is 2.44. The van der Waals surface area contributed by atoms with Gasteiger partial charge in [0.1, 0.15) is 5.75 Å². The molecule has 104 valence electrons. The Hall–Kier alpha value is -2.29. The molecule has 0 bridgehead atoms. The number of carboxylic acids is 1. The largest absolute Gasteiger partial charge is 0.496 e. The molecule has 0 aliphatic carbocycles. The normalized spacial score (nSPS) is 12.1. The second kappa shape index (κ2) is 6.24. The number of methoxy groups -OCH3 is 1. The summed E-state index contributed by atoms with van der Waals surface area (Å²) in [5, 5.41) is 11.4. The van der Waals surface area contributed by atoms with Gasteiger partial charge >= 0.3 is 5.97 Å². The summed E-state index contributed by atoms with van der Waals surface area (Å²) in [7, 11) is 1.61. The summed E-state index contributed by atoms with van der Waals surface area (Å²) >= 11 is 0. The van der Waals surface area contributed by atoms with Crippen molar-refractivity contribution in [2.45, 2.75) is 12.8 Å². The van der Waals surface area contributed by atoms with Gasteiger partial charge in [0.25, 0.3) is 0 Å². The lowest BCUT2D eigenvalue weighted by molar-refractivity contribution is -0.141. The van der Waals surface area contributed by atoms with E-state index in [0.29, 0.717) is 12.8 Å². The molecule has 20 heavy (non-hydrogen) atoms. The van der Waals surface area contributed by atoms with Crippen LogP contribution >= 0.6 is 0 Å². The second-order valence-corrected chi connectivity index (χ2v) is 4.73. The van der Waals surface area contributed by atoms with Crippen molar-refractivity contribution >= 4 is 16.7 Å². The van der Waals surface area contributed by atoms with E-state index in [4.69, 9.17) is 4.74 Å². The summed E-state index contributed by atoms with van der Waals surface area (Å²) in [5.74, 6) is -0.550. The Bertz CT molecular complexity index is 631. The van der Waals surface area contributed by atoms with Crippen LogP contribution in [0.25, 0.3) is 10.8 Å². The van der Waals surface area contributed by atoms with Crippen LogP contribution in [0.5, 0.6) is 5.75 Å². The van der Waals surface area contributed by atoms with Crippen molar-refractivity contribution in [1.29, 1.82) is 0 Å². The fraction of sp³-hybridized carbons (Fsp3) is 0.235. The van der Waals surface area contributed by atoms with E-state index in [-0.39, 0.29) is 0 Å². The van der Waals surface area contributed by atoms with Crippen molar-refractivity contribution in [1.82, 2.24) is 0 Å². The summed E-state index contributed by atoms with van der Waals surface area (Å²) in [5.41, 5.74) is 0.944. The van der Waals surface area contributed by atoms with Gasteiger partial charge < -0.3 is 9.84 Å². The minimum absolute atomic E-state index is 0.436. The first kappa shape index (κ1) is 14.1. The minimum atomic E-state index is -0.806. The summed E-state index contributed by atoms with van der Waals surface area (Å²) in [4.78, 5) is 11.3. The second-order valence-electron chi connectivity index (χ2n) is 4.73. The van der Waals surface area contributed by atoms with Crippen molar-refractivity contribution in [2.24, 2.45) is 5.92 Å². The molecule has 1 N–H and O–H groups in total. The van der Waals surface area contributed by atoms with E-state index in [0.717, 1.165) is 22.1 Å². The Morgan fingerprint density at radius 1 is 1.35 bits per heavy atom. The number of allylic oxidation sites excluding steroid dienone is 1. The lowest BCUT2D eigenvalue weighted by Crippen LogP contribution is -2.16. The van der Waals surface area contributed by atoms with Crippen molar-refractivity contribution in [3.8, 4) is 5.75 Å². The van der Waals surface area contributed by atoms with Gasteiger partial charge in [0, 0.05) is 5.56 Å². The Labute approximate surface area is 118 Å². The van der Waals surface area contributed by atoms with Crippen LogP contribution in [0.2, 0.25) is 0 Å². The molecule has 0 aromatic heterocycles. The summed E-state index contributed by atoms with van der Waals surface area (Å²) < 4.78 is 5.39. The number of aliphatic carboxylic acids is 1. The number of hydrogen-bond donors (Lipinski definition) is 1. The van der Waals surface area contributed by atoms with Crippen LogP contribution in [-0.2, 0) is 11.2 Å². The lowest BCUT2D eigenvalue weighted by Gasteiger charge is -2.15. The monoisotopic (exact) mass is 270 g/mol. The molecule has 0 spiro atoms. The topological polar surface area (TPSA) is 46.5 Å². The molecule has 0 saturated carbocycles. The van der Waals surface area contributed by atoms with E-state index in [9.17, 15) is 9.90 Å². The Morgan fingerprint density at radius 3 is 2.75 bits per heavy atom. The van der Waals surface area contributed by atoms with E-state index in [1.54, 1.807) is 13.2 Å². The highest BCUT2D eigenvalue weighted by molar-refractivity contribution is 5.88. The third kappa shape index (κ3) is 2.82. The maximum Gasteiger partial charge on any atom is 0.307 e. The van der Waals surface area contributed by atoms with Crippen molar-refractivity contribution < 1.29 is 14.6 Å². The molecule has 0 saturated heterocycles. The highest BCUT2D eigenvalue weighted by Crippen LogP contribution is 2.30. The first-order valence-corrected chi connectivity index (χ1v) is 6.55. The van der Waals surface area contributed by atoms with Gasteiger partial charge in [-0.25, -0.2) is 0 Å². The van der Waals surface area contributed by atoms with E-state index in [1.165, 1.54) is 0 Å². The van der Waals surface area contributed by atoms with Gasteiger partial charge in [-0.05, 0) is 29.7 Å². The van der Waals surface area contributed by atoms with Gasteiger partial charge in [0.2, 0.25) is 0 Å². The molecule has 2 rings (SSSR count). The Morgan fingerprint density at radius 2 is 2.10 bits per heavy atom. The van der Waals surface area contributed by atoms with Crippen LogP contribution in [0.1, 0.15) is 12.0 Å². The molecular weight excluding hydrogens is 252 g/mol. The van der Waals surface area contributed by atoms with E-state index >= 15 is 0 Å². The van der Waals surface area contributed by atoms with Gasteiger partial charge in [0.05, 0.1) is 13.0 Å². The molecule has 0 radical (unpaired) electrons. The fourth-order valence-electron chi connectivity index (χ4n) is 2.44. The molecule has 3 nitrogen and oxygen atoms in total. The predicted molar refractivity (Wildman–Crippen MR) is 80.1 cm³/mol. The zero-order valence-corrected chi connectivity index (χ0v) is 11.5. The molecule has 0 aliphatic rings. The molecular formula is C17H18O3. The lowest BCUT2D eigenvalue weighted by atomic mass is 9.92. The van der Waals surface area contributed by atoms with Crippen molar-refractivity contribution in [2.75, 3.05) is 7.11 Å². The van der Waals surface area contributed by atoms with Crippen LogP contribution in [-0.4, -0.2) is 18.2 Å². The highest BCUT2D eigenvalue weighted by Gasteiger charge is 2.20. The molecule has 2 aromatic rings. The smallest absolute Gasteiger partial charge is 0.307 e. The van der Waals surface area contributed by atoms with Crippen LogP contribution in [0, 0.1) is 5.92 Å². The molecule has 1 atom stereocenters. The van der Waals surface area contributed by atoms with Gasteiger partial charge in [-0.2, -0.15) is 0 Å². The average Bonchev–Trinajstić information content (AvgIpc) is 2.46. The van der Waals surface area contributed by atoms with E-state index < -0.39 is 11.9 Å². The van der Waals surface area contributed by atoms with Gasteiger partial charge in [0.15, 0.2) is 0 Å². The number of carboxylic acid groups (broad SMARTS) is 1. The van der Waals surface area contributed by atoms with Crippen molar-refractivity contribution in [3.05, 3.63) is 54.6 Å². The first-order chi connectivity index (χ1) is 9.67. The number of rotatable bonds is 6. The van der Waals surface area contributed by atoms with Crippen LogP contribution < -0.4 is 4.74 Å². The SMILES string of the molecule is C=CC[C@@H](Cc1c(OC)ccc2ccccc12)C(=O)O. The number of ether oxygens (including phenoxy) is 1. The maximum atomic E-state index is 11.3. The number of hydrogen-bond acceptors (Lipinski definition) is 2. The Kier molecular flexibility index (Phi) is 4.41. The van der Waals surface area contributed by atoms with E-state index in [1.807, 2.05) is 36.4 Å². The number of fused-ring (bicyclic) bond motifs is 1. The minimum Gasteiger partial charge on any atom is -0.496 e. The quantitative estimate of drug-likeness (QED) is 0.815. The number of benzene rings is 2. The van der Waals surface area contributed by atoms with Gasteiger partial charge in [-0.15, -0.1) is 6.58 Å². The van der Waals surface area contributed by atoms with Gasteiger partial charge in [-0.1, -0.05) is 36.4 Å². The summed E-state index contributed by atoms with van der Waals surface area (Å²) in [6.07, 6.45) is 2.53. The molecule has 0 fully saturated rings. The van der Waals surface area contributed by atoms with Crippen LogP contribution in [0.3, 0.4) is 0 Å². The molecule has 0 unspecified atom stereocenters. The third-order valence-electron chi connectivity index (χ3n) is 3.47. The van der Waals surface area contributed by atoms with Crippen molar-refractivity contribution in [3.63, 3.8) is 0 Å². The van der Waals surface area contributed by atoms with Gasteiger partial charge in [-0.3, -0.25) is 4.79 Å². The summed E-state index contributed by atoms with van der Waals surface area (Å²) in [6.45, 7) is 3.63. The maximum absolute atomic E-state index is 11.3. The summed E-state index contributed by atoms with van der Waals surface area (Å²) in [6, 6.07) is 11.8. The molecule has 0 aliphatic heterocycles. The third-order valence-corrected chi connectivity index (χ3v) is 3.47. The van der Waals surface area contributed by atoms with Crippen LogP contribution in [0.4, 0.5) is 0 Å². The number of carbonyl (C=O) groups is 1. The Balaban J connectivity index is 2.50. The zero-order chi connectivity index (χ0) is 14.5. The average molecular weight is 270 g/mol. The molecule has 0 amide bonds. The standard InChI is InChI=1S/C17H18O3/c1-3-6-13(17(18)19)11-15-14-8-5-4-7-12(14)9-10-16(15)20-2/h3-5,7-10,13H,1,6,11H2,2H3,(H,18,19)/t13-/m0/s1. The molecule has 0 heterocycles. The molecule has 3 heteroatoms. The van der Waals surface area contributed by atoms with E-state index in [2.05, 4.69) is 6.58 Å². The first-order valence-electron chi connectivity index (χ1n) is 6.55. The highest BCUT2D eigenvalue weighted by atomic mass is 16.5. The molecule has 2 aromatic carbocycles. The predicted octanol–water partition coefficient (Wildman–Crippen LogP) is 3.67.